The third-order valence-electron chi connectivity index (χ3n) is 11.2. The van der Waals surface area contributed by atoms with Crippen LogP contribution in [-0.2, 0) is 43.2 Å². The lowest BCUT2D eigenvalue weighted by Gasteiger charge is -2.20. The lowest BCUT2D eigenvalue weighted by Crippen LogP contribution is -2.48. The second kappa shape index (κ2) is 42.8. The second-order valence-electron chi connectivity index (χ2n) is 17.5. The van der Waals surface area contributed by atoms with Crippen LogP contribution in [0.25, 0.3) is 0 Å². The first-order chi connectivity index (χ1) is 33.6. The largest absolute Gasteiger partial charge is 0.368 e. The van der Waals surface area contributed by atoms with Gasteiger partial charge in [-0.3, -0.25) is 43.2 Å². The number of unbranched alkanes of at least 4 members (excludes halogenated alkanes) is 5. The van der Waals surface area contributed by atoms with Crippen LogP contribution in [0.1, 0.15) is 148 Å². The quantitative estimate of drug-likeness (QED) is 0.0270. The van der Waals surface area contributed by atoms with E-state index in [-0.39, 0.29) is 82.4 Å². The molecule has 0 saturated carbocycles. The van der Waals surface area contributed by atoms with Crippen molar-refractivity contribution in [3.05, 3.63) is 0 Å². The summed E-state index contributed by atoms with van der Waals surface area (Å²) in [5, 5.41) is 22.0. The number of carbonyl (C=O) groups excluding carboxylic acids is 9. The highest BCUT2D eigenvalue weighted by molar-refractivity contribution is 5.90. The van der Waals surface area contributed by atoms with Gasteiger partial charge in [-0.2, -0.15) is 0 Å². The van der Waals surface area contributed by atoms with Crippen LogP contribution in [0.5, 0.6) is 0 Å². The summed E-state index contributed by atoms with van der Waals surface area (Å²) in [5.41, 5.74) is 39.2. The van der Waals surface area contributed by atoms with Gasteiger partial charge in [0.1, 0.15) is 24.2 Å². The predicted molar refractivity (Wildman–Crippen MR) is 268 cm³/mol. The Kier molecular flexibility index (Phi) is 39.8. The van der Waals surface area contributed by atoms with Gasteiger partial charge in [0.05, 0.1) is 6.04 Å². The molecule has 0 aliphatic heterocycles. The topological polar surface area (TPSA) is 432 Å². The zero-order chi connectivity index (χ0) is 52.4. The van der Waals surface area contributed by atoms with Gasteiger partial charge < -0.3 is 82.7 Å². The van der Waals surface area contributed by atoms with Gasteiger partial charge in [-0.15, -0.1) is 0 Å². The van der Waals surface area contributed by atoms with Crippen LogP contribution in [0.15, 0.2) is 0 Å². The van der Waals surface area contributed by atoms with E-state index < -0.39 is 65.7 Å². The van der Waals surface area contributed by atoms with Crippen molar-refractivity contribution in [2.45, 2.75) is 178 Å². The molecule has 404 valence electrons. The van der Waals surface area contributed by atoms with E-state index in [2.05, 4.69) is 42.5 Å². The van der Waals surface area contributed by atoms with E-state index in [9.17, 15) is 43.2 Å². The molecule has 0 radical (unpaired) electrons. The molecule has 0 aromatic heterocycles. The Morgan fingerprint density at radius 2 is 0.557 bits per heavy atom. The SMILES string of the molecule is NCCCC[C@H](NC(=O)CCCNC(=O)[C@H](CCCCN)NC(=O)CCCNC(=O)[C@H](CCCCN)NC(=O)CCCNC(=O)[C@H](CCCCN)NC(=O)CCCNC(=O)[C@@H](N)CCCCN)C(N)=O. The third-order valence-corrected chi connectivity index (χ3v) is 11.2. The summed E-state index contributed by atoms with van der Waals surface area (Å²) in [5.74, 6) is -3.68. The molecule has 9 amide bonds. The first-order valence-corrected chi connectivity index (χ1v) is 25.5. The smallest absolute Gasteiger partial charge is 0.242 e. The normalized spacial score (nSPS) is 13.1. The fraction of sp³-hybridized carbons (Fsp3) is 0.804. The maximum atomic E-state index is 13.2. The fourth-order valence-electron chi connectivity index (χ4n) is 7.11. The zero-order valence-electron chi connectivity index (χ0n) is 41.7. The van der Waals surface area contributed by atoms with Crippen LogP contribution < -0.4 is 82.7 Å². The van der Waals surface area contributed by atoms with Crippen molar-refractivity contribution < 1.29 is 43.2 Å². The lowest BCUT2D eigenvalue weighted by molar-refractivity contribution is -0.130. The Morgan fingerprint density at radius 3 is 0.829 bits per heavy atom. The molecular weight excluding hydrogens is 907 g/mol. The minimum atomic E-state index is -0.858. The lowest BCUT2D eigenvalue weighted by atomic mass is 10.1. The summed E-state index contributed by atoms with van der Waals surface area (Å²) in [7, 11) is 0. The summed E-state index contributed by atoms with van der Waals surface area (Å²) in [6, 6.07) is -3.95. The van der Waals surface area contributed by atoms with Gasteiger partial charge in [0.25, 0.3) is 0 Å². The molecule has 0 heterocycles. The monoisotopic (exact) mass is 998 g/mol. The number of amides is 9. The molecule has 0 aliphatic rings. The number of carbonyl (C=O) groups is 9. The zero-order valence-corrected chi connectivity index (χ0v) is 41.7. The summed E-state index contributed by atoms with van der Waals surface area (Å²) in [6.45, 7) is 2.94. The van der Waals surface area contributed by atoms with E-state index in [1.54, 1.807) is 0 Å². The van der Waals surface area contributed by atoms with Crippen LogP contribution in [0.2, 0.25) is 0 Å². The minimum absolute atomic E-state index is 0.00662. The van der Waals surface area contributed by atoms with E-state index in [1.807, 2.05) is 0 Å². The Balaban J connectivity index is 4.98. The summed E-state index contributed by atoms with van der Waals surface area (Å²) in [6.07, 6.45) is 9.86. The Hall–Kier alpha value is -5.01. The van der Waals surface area contributed by atoms with Crippen LogP contribution in [0.4, 0.5) is 0 Å². The van der Waals surface area contributed by atoms with Gasteiger partial charge in [-0.05, 0) is 148 Å². The molecular formula is C46H91N15O9. The van der Waals surface area contributed by atoms with E-state index in [0.29, 0.717) is 129 Å². The maximum absolute atomic E-state index is 13.2. The van der Waals surface area contributed by atoms with Crippen molar-refractivity contribution in [3.63, 3.8) is 0 Å². The standard InChI is InChI=1S/C46H91N15O9/c47-24-6-1-15-33(52)43(67)54-29-11-21-39(63)59-35(17-3-8-26-49)45(69)56-31-13-23-41(65)61-37(19-5-10-28-51)46(70)57-32-14-22-40(64)60-36(18-4-9-27-50)44(68)55-30-12-20-38(62)58-34(42(53)66)16-2-7-25-48/h33-37H,1-32,47-52H2,(H2,53,66)(H,54,67)(H,55,68)(H,56,69)(H,57,70)(H,58,62)(H,59,63)(H,60,64)(H,61,65)/t33-,34-,35-,36-,37-/m0/s1. The van der Waals surface area contributed by atoms with Gasteiger partial charge >= 0.3 is 0 Å². The van der Waals surface area contributed by atoms with Gasteiger partial charge in [0.2, 0.25) is 53.2 Å². The molecule has 24 heteroatoms. The Labute approximate surface area is 414 Å². The molecule has 0 fully saturated rings. The molecule has 0 saturated heterocycles. The van der Waals surface area contributed by atoms with Crippen molar-refractivity contribution >= 4 is 53.2 Å². The minimum Gasteiger partial charge on any atom is -0.368 e. The van der Waals surface area contributed by atoms with Crippen molar-refractivity contribution in [2.75, 3.05) is 58.9 Å². The van der Waals surface area contributed by atoms with Gasteiger partial charge in [0, 0.05) is 51.9 Å². The molecule has 22 N–H and O–H groups in total. The first kappa shape index (κ1) is 65.0. The van der Waals surface area contributed by atoms with E-state index in [4.69, 9.17) is 40.1 Å². The number of nitrogens with two attached hydrogens (primary N) is 7. The van der Waals surface area contributed by atoms with Crippen LogP contribution in [0, 0.1) is 0 Å². The molecule has 24 nitrogen and oxygen atoms in total. The molecule has 5 atom stereocenters. The van der Waals surface area contributed by atoms with E-state index >= 15 is 0 Å². The molecule has 0 unspecified atom stereocenters. The molecule has 0 bridgehead atoms. The molecule has 0 rings (SSSR count). The summed E-state index contributed by atoms with van der Waals surface area (Å²) >= 11 is 0. The average Bonchev–Trinajstić information content (AvgIpc) is 3.33. The number of nitrogens with one attached hydrogen (secondary N) is 8. The Morgan fingerprint density at radius 1 is 0.314 bits per heavy atom. The number of primary amides is 1. The molecule has 0 spiro atoms. The number of hydrogen-bond acceptors (Lipinski definition) is 15. The van der Waals surface area contributed by atoms with Gasteiger partial charge in [-0.25, -0.2) is 0 Å². The molecule has 0 aromatic carbocycles. The average molecular weight is 998 g/mol. The third kappa shape index (κ3) is 34.3. The van der Waals surface area contributed by atoms with Crippen molar-refractivity contribution in [1.82, 2.24) is 42.5 Å². The van der Waals surface area contributed by atoms with Crippen molar-refractivity contribution in [1.29, 1.82) is 0 Å². The molecule has 70 heavy (non-hydrogen) atoms. The van der Waals surface area contributed by atoms with Crippen LogP contribution in [0.3, 0.4) is 0 Å². The highest BCUT2D eigenvalue weighted by Gasteiger charge is 2.24. The maximum Gasteiger partial charge on any atom is 0.242 e. The summed E-state index contributed by atoms with van der Waals surface area (Å²) < 4.78 is 0. The van der Waals surface area contributed by atoms with Crippen molar-refractivity contribution in [2.24, 2.45) is 40.1 Å². The number of hydrogen-bond donors (Lipinski definition) is 15. The van der Waals surface area contributed by atoms with Gasteiger partial charge in [0.15, 0.2) is 0 Å². The first-order valence-electron chi connectivity index (χ1n) is 25.5. The highest BCUT2D eigenvalue weighted by Crippen LogP contribution is 2.07. The van der Waals surface area contributed by atoms with Crippen LogP contribution >= 0.6 is 0 Å². The molecule has 0 aromatic rings. The van der Waals surface area contributed by atoms with Crippen LogP contribution in [-0.4, -0.2) is 142 Å². The molecule has 0 aliphatic carbocycles. The van der Waals surface area contributed by atoms with E-state index in [1.165, 1.54) is 0 Å². The van der Waals surface area contributed by atoms with Crippen molar-refractivity contribution in [3.8, 4) is 0 Å². The summed E-state index contributed by atoms with van der Waals surface area (Å²) in [4.78, 5) is 114. The predicted octanol–water partition coefficient (Wildman–Crippen LogP) is -3.03. The van der Waals surface area contributed by atoms with E-state index in [0.717, 1.165) is 12.8 Å². The van der Waals surface area contributed by atoms with Gasteiger partial charge in [-0.1, -0.05) is 6.42 Å². The second-order valence-corrected chi connectivity index (χ2v) is 17.5. The highest BCUT2D eigenvalue weighted by atomic mass is 16.2. The number of rotatable bonds is 45. The Bertz CT molecular complexity index is 1530. The fourth-order valence-corrected chi connectivity index (χ4v) is 7.11.